The molecule has 0 aliphatic carbocycles. The van der Waals surface area contributed by atoms with E-state index >= 15 is 0 Å². The van der Waals surface area contributed by atoms with Gasteiger partial charge in [-0.25, -0.2) is 9.18 Å². The Morgan fingerprint density at radius 1 is 1.41 bits per heavy atom. The van der Waals surface area contributed by atoms with Crippen LogP contribution in [0.1, 0.15) is 18.1 Å². The number of aliphatic carboxylic acids is 1. The number of rotatable bonds is 1. The zero-order valence-corrected chi connectivity index (χ0v) is 9.31. The largest absolute Gasteiger partial charge is 0.480 e. The van der Waals surface area contributed by atoms with Crippen LogP contribution in [0.15, 0.2) is 18.2 Å². The predicted molar refractivity (Wildman–Crippen MR) is 57.8 cm³/mol. The van der Waals surface area contributed by atoms with Crippen LogP contribution in [-0.4, -0.2) is 27.9 Å². The van der Waals surface area contributed by atoms with E-state index in [0.29, 0.717) is 5.56 Å². The van der Waals surface area contributed by atoms with Gasteiger partial charge in [0.15, 0.2) is 0 Å². The number of nitrogens with zero attached hydrogens (tertiary/aromatic N) is 1. The highest BCUT2D eigenvalue weighted by atomic mass is 19.1. The van der Waals surface area contributed by atoms with E-state index in [-0.39, 0.29) is 24.7 Å². The van der Waals surface area contributed by atoms with Crippen LogP contribution >= 0.6 is 0 Å². The molecular formula is C12H12FNO3. The molecule has 90 valence electrons. The van der Waals surface area contributed by atoms with Gasteiger partial charge in [0.2, 0.25) is 5.91 Å². The van der Waals surface area contributed by atoms with Crippen molar-refractivity contribution in [1.29, 1.82) is 0 Å². The van der Waals surface area contributed by atoms with E-state index in [1.54, 1.807) is 6.07 Å². The number of carbonyl (C=O) groups excluding carboxylic acids is 1. The molecular weight excluding hydrogens is 225 g/mol. The molecule has 4 nitrogen and oxygen atoms in total. The average Bonchev–Trinajstić information content (AvgIpc) is 2.26. The molecule has 1 N–H and O–H groups in total. The Morgan fingerprint density at radius 3 is 2.71 bits per heavy atom. The van der Waals surface area contributed by atoms with Gasteiger partial charge in [0.25, 0.3) is 0 Å². The van der Waals surface area contributed by atoms with Crippen molar-refractivity contribution in [2.75, 3.05) is 0 Å². The lowest BCUT2D eigenvalue weighted by Crippen LogP contribution is -2.47. The first kappa shape index (κ1) is 11.6. The third-order valence-corrected chi connectivity index (χ3v) is 2.99. The average molecular weight is 237 g/mol. The minimum absolute atomic E-state index is 0.155. The SMILES string of the molecule is CC(=O)N1Cc2ccc(F)cc2CC1C(=O)O. The molecule has 1 aromatic rings. The maximum Gasteiger partial charge on any atom is 0.326 e. The van der Waals surface area contributed by atoms with Gasteiger partial charge in [0.05, 0.1) is 0 Å². The van der Waals surface area contributed by atoms with Crippen molar-refractivity contribution in [3.8, 4) is 0 Å². The number of benzene rings is 1. The van der Waals surface area contributed by atoms with Gasteiger partial charge in [0, 0.05) is 19.9 Å². The summed E-state index contributed by atoms with van der Waals surface area (Å²) in [4.78, 5) is 23.7. The number of carboxylic acid groups (broad SMARTS) is 1. The van der Waals surface area contributed by atoms with Crippen LogP contribution < -0.4 is 0 Å². The van der Waals surface area contributed by atoms with E-state index < -0.39 is 12.0 Å². The second kappa shape index (κ2) is 4.16. The second-order valence-electron chi connectivity index (χ2n) is 4.12. The van der Waals surface area contributed by atoms with Crippen molar-refractivity contribution in [3.05, 3.63) is 35.1 Å². The number of carboxylic acids is 1. The van der Waals surface area contributed by atoms with Gasteiger partial charge >= 0.3 is 5.97 Å². The Bertz CT molecular complexity index is 487. The van der Waals surface area contributed by atoms with Gasteiger partial charge in [-0.05, 0) is 23.3 Å². The molecule has 1 heterocycles. The maximum absolute atomic E-state index is 13.1. The number of carbonyl (C=O) groups is 2. The highest BCUT2D eigenvalue weighted by molar-refractivity contribution is 5.83. The fraction of sp³-hybridized carbons (Fsp3) is 0.333. The number of amides is 1. The summed E-state index contributed by atoms with van der Waals surface area (Å²) in [7, 11) is 0. The summed E-state index contributed by atoms with van der Waals surface area (Å²) in [6.07, 6.45) is 0.155. The van der Waals surface area contributed by atoms with Crippen molar-refractivity contribution < 1.29 is 19.1 Å². The molecule has 1 amide bonds. The molecule has 1 aliphatic rings. The fourth-order valence-corrected chi connectivity index (χ4v) is 2.10. The Morgan fingerprint density at radius 2 is 2.12 bits per heavy atom. The first-order valence-corrected chi connectivity index (χ1v) is 5.26. The number of hydrogen-bond donors (Lipinski definition) is 1. The third-order valence-electron chi connectivity index (χ3n) is 2.99. The summed E-state index contributed by atoms with van der Waals surface area (Å²) in [6.45, 7) is 1.56. The van der Waals surface area contributed by atoms with Crippen molar-refractivity contribution in [3.63, 3.8) is 0 Å². The molecule has 0 saturated heterocycles. The molecule has 0 spiro atoms. The van der Waals surface area contributed by atoms with Crippen molar-refractivity contribution in [2.24, 2.45) is 0 Å². The van der Waals surface area contributed by atoms with Crippen LogP contribution in [0.25, 0.3) is 0 Å². The van der Waals surface area contributed by atoms with Gasteiger partial charge in [-0.3, -0.25) is 4.79 Å². The summed E-state index contributed by atoms with van der Waals surface area (Å²) < 4.78 is 13.1. The standard InChI is InChI=1S/C12H12FNO3/c1-7(15)14-6-8-2-3-10(13)4-9(8)5-11(14)12(16)17/h2-4,11H,5-6H2,1H3,(H,16,17). The van der Waals surface area contributed by atoms with Crippen LogP contribution in [-0.2, 0) is 22.6 Å². The van der Waals surface area contributed by atoms with Crippen LogP contribution in [0, 0.1) is 5.82 Å². The zero-order valence-electron chi connectivity index (χ0n) is 9.31. The lowest BCUT2D eigenvalue weighted by Gasteiger charge is -2.33. The van der Waals surface area contributed by atoms with Crippen molar-refractivity contribution >= 4 is 11.9 Å². The molecule has 1 aliphatic heterocycles. The zero-order chi connectivity index (χ0) is 12.6. The van der Waals surface area contributed by atoms with E-state index in [1.807, 2.05) is 0 Å². The summed E-state index contributed by atoms with van der Waals surface area (Å²) in [5.74, 6) is -1.73. The first-order valence-electron chi connectivity index (χ1n) is 5.26. The van der Waals surface area contributed by atoms with Gasteiger partial charge in [-0.2, -0.15) is 0 Å². The Labute approximate surface area is 97.7 Å². The molecule has 1 aromatic carbocycles. The van der Waals surface area contributed by atoms with Gasteiger partial charge < -0.3 is 10.0 Å². The topological polar surface area (TPSA) is 57.6 Å². The van der Waals surface area contributed by atoms with E-state index in [9.17, 15) is 14.0 Å². The predicted octanol–water partition coefficient (Wildman–Crippen LogP) is 1.18. The van der Waals surface area contributed by atoms with Crippen LogP contribution in [0.4, 0.5) is 4.39 Å². The highest BCUT2D eigenvalue weighted by Crippen LogP contribution is 2.24. The molecule has 1 atom stereocenters. The summed E-state index contributed by atoms with van der Waals surface area (Å²) in [6, 6.07) is 3.35. The lowest BCUT2D eigenvalue weighted by molar-refractivity contribution is -0.150. The smallest absolute Gasteiger partial charge is 0.326 e. The molecule has 0 aromatic heterocycles. The molecule has 0 bridgehead atoms. The number of fused-ring (bicyclic) bond motifs is 1. The van der Waals surface area contributed by atoms with Crippen LogP contribution in [0.3, 0.4) is 0 Å². The number of hydrogen-bond acceptors (Lipinski definition) is 2. The summed E-state index contributed by atoms with van der Waals surface area (Å²) in [5.41, 5.74) is 1.47. The van der Waals surface area contributed by atoms with E-state index in [1.165, 1.54) is 24.0 Å². The molecule has 17 heavy (non-hydrogen) atoms. The van der Waals surface area contributed by atoms with Crippen molar-refractivity contribution in [1.82, 2.24) is 4.90 Å². The lowest BCUT2D eigenvalue weighted by atomic mass is 9.94. The Hall–Kier alpha value is -1.91. The molecule has 0 radical (unpaired) electrons. The van der Waals surface area contributed by atoms with E-state index in [4.69, 9.17) is 5.11 Å². The summed E-state index contributed by atoms with van der Waals surface area (Å²) in [5, 5.41) is 9.06. The van der Waals surface area contributed by atoms with E-state index in [0.717, 1.165) is 5.56 Å². The maximum atomic E-state index is 13.1. The third kappa shape index (κ3) is 2.13. The van der Waals surface area contributed by atoms with Crippen molar-refractivity contribution in [2.45, 2.75) is 25.9 Å². The number of halogens is 1. The van der Waals surface area contributed by atoms with Gasteiger partial charge in [-0.15, -0.1) is 0 Å². The molecule has 0 fully saturated rings. The van der Waals surface area contributed by atoms with Crippen LogP contribution in [0.5, 0.6) is 0 Å². The van der Waals surface area contributed by atoms with Gasteiger partial charge in [-0.1, -0.05) is 6.07 Å². The monoisotopic (exact) mass is 237 g/mol. The quantitative estimate of drug-likeness (QED) is 0.798. The Kier molecular flexibility index (Phi) is 2.83. The Balaban J connectivity index is 2.39. The second-order valence-corrected chi connectivity index (χ2v) is 4.12. The van der Waals surface area contributed by atoms with Gasteiger partial charge in [0.1, 0.15) is 11.9 Å². The molecule has 2 rings (SSSR count). The molecule has 0 saturated carbocycles. The summed E-state index contributed by atoms with van der Waals surface area (Å²) >= 11 is 0. The van der Waals surface area contributed by atoms with E-state index in [2.05, 4.69) is 0 Å². The fourth-order valence-electron chi connectivity index (χ4n) is 2.10. The highest BCUT2D eigenvalue weighted by Gasteiger charge is 2.32. The normalized spacial score (nSPS) is 18.7. The minimum Gasteiger partial charge on any atom is -0.480 e. The minimum atomic E-state index is -1.06. The molecule has 5 heteroatoms. The molecule has 1 unspecified atom stereocenters. The van der Waals surface area contributed by atoms with Crippen LogP contribution in [0.2, 0.25) is 0 Å². The first-order chi connectivity index (χ1) is 7.99.